The van der Waals surface area contributed by atoms with Gasteiger partial charge < -0.3 is 10.6 Å². The summed E-state index contributed by atoms with van der Waals surface area (Å²) in [5, 5.41) is 5.46. The van der Waals surface area contributed by atoms with Gasteiger partial charge in [0.05, 0.1) is 5.92 Å². The molecule has 0 bridgehead atoms. The second-order valence-electron chi connectivity index (χ2n) is 6.10. The van der Waals surface area contributed by atoms with Gasteiger partial charge >= 0.3 is 0 Å². The predicted octanol–water partition coefficient (Wildman–Crippen LogP) is 1.97. The lowest BCUT2D eigenvalue weighted by Gasteiger charge is -2.30. The van der Waals surface area contributed by atoms with E-state index in [1.165, 1.54) is 6.92 Å². The van der Waals surface area contributed by atoms with Crippen LogP contribution in [0.5, 0.6) is 0 Å². The first-order chi connectivity index (χ1) is 11.5. The second-order valence-corrected chi connectivity index (χ2v) is 6.10. The normalized spacial score (nSPS) is 20.3. The van der Waals surface area contributed by atoms with Crippen molar-refractivity contribution in [2.75, 3.05) is 5.32 Å². The van der Waals surface area contributed by atoms with E-state index in [1.807, 2.05) is 0 Å². The highest BCUT2D eigenvalue weighted by molar-refractivity contribution is 6.09. The smallest absolute Gasteiger partial charge is 0.232 e. The first kappa shape index (κ1) is 16.1. The summed E-state index contributed by atoms with van der Waals surface area (Å²) in [4.78, 5) is 47.9. The number of ketones is 2. The van der Waals surface area contributed by atoms with Gasteiger partial charge in [-0.25, -0.2) is 0 Å². The summed E-state index contributed by atoms with van der Waals surface area (Å²) >= 11 is 0. The quantitative estimate of drug-likeness (QED) is 0.831. The molecule has 3 rings (SSSR count). The number of carbonyl (C=O) groups excluding carboxylic acids is 4. The average molecular weight is 326 g/mol. The summed E-state index contributed by atoms with van der Waals surface area (Å²) in [6.45, 7) is 1.47. The third-order valence-electron chi connectivity index (χ3n) is 4.36. The molecule has 6 nitrogen and oxygen atoms in total. The lowest BCUT2D eigenvalue weighted by atomic mass is 9.81. The Labute approximate surface area is 139 Å². The summed E-state index contributed by atoms with van der Waals surface area (Å²) in [5.74, 6) is -1.49. The van der Waals surface area contributed by atoms with Crippen molar-refractivity contribution >= 4 is 29.1 Å². The zero-order valence-corrected chi connectivity index (χ0v) is 13.3. The van der Waals surface area contributed by atoms with Crippen molar-refractivity contribution in [3.05, 3.63) is 41.1 Å². The molecule has 1 aliphatic heterocycles. The molecule has 0 aromatic heterocycles. The standard InChI is InChI=1S/C18H18N2O4/c1-10(21)11-5-7-12(8-6-11)19-18(24)13-9-16(23)20-14-3-2-4-15(22)17(13)14/h5-8,13H,2-4,9H2,1H3,(H,19,24)(H,20,23). The highest BCUT2D eigenvalue weighted by atomic mass is 16.2. The Morgan fingerprint density at radius 2 is 1.83 bits per heavy atom. The van der Waals surface area contributed by atoms with Gasteiger partial charge in [-0.15, -0.1) is 0 Å². The molecule has 1 aliphatic carbocycles. The number of benzene rings is 1. The van der Waals surface area contributed by atoms with E-state index in [0.717, 1.165) is 0 Å². The molecule has 1 atom stereocenters. The van der Waals surface area contributed by atoms with E-state index in [4.69, 9.17) is 0 Å². The molecule has 0 radical (unpaired) electrons. The zero-order valence-electron chi connectivity index (χ0n) is 13.3. The minimum absolute atomic E-state index is 0.0259. The summed E-state index contributed by atoms with van der Waals surface area (Å²) in [7, 11) is 0. The van der Waals surface area contributed by atoms with E-state index < -0.39 is 5.92 Å². The molecular formula is C18H18N2O4. The van der Waals surface area contributed by atoms with Crippen LogP contribution in [0.1, 0.15) is 43.0 Å². The monoisotopic (exact) mass is 326 g/mol. The van der Waals surface area contributed by atoms with Crippen LogP contribution in [0.3, 0.4) is 0 Å². The highest BCUT2D eigenvalue weighted by Crippen LogP contribution is 2.32. The van der Waals surface area contributed by atoms with E-state index in [9.17, 15) is 19.2 Å². The highest BCUT2D eigenvalue weighted by Gasteiger charge is 2.37. The number of amides is 2. The molecule has 0 fully saturated rings. The van der Waals surface area contributed by atoms with Crippen molar-refractivity contribution in [2.45, 2.75) is 32.6 Å². The Balaban J connectivity index is 1.81. The first-order valence-corrected chi connectivity index (χ1v) is 7.93. The van der Waals surface area contributed by atoms with Gasteiger partial charge in [0.25, 0.3) is 0 Å². The van der Waals surface area contributed by atoms with Crippen molar-refractivity contribution in [1.29, 1.82) is 0 Å². The van der Waals surface area contributed by atoms with E-state index in [-0.39, 0.29) is 29.8 Å². The Hall–Kier alpha value is -2.76. The molecule has 0 saturated heterocycles. The molecular weight excluding hydrogens is 308 g/mol. The maximum absolute atomic E-state index is 12.6. The SMILES string of the molecule is CC(=O)c1ccc(NC(=O)C2CC(=O)NC3=C2C(=O)CCC3)cc1. The van der Waals surface area contributed by atoms with Crippen LogP contribution < -0.4 is 10.6 Å². The number of hydrogen-bond acceptors (Lipinski definition) is 4. The lowest BCUT2D eigenvalue weighted by Crippen LogP contribution is -2.41. The summed E-state index contributed by atoms with van der Waals surface area (Å²) in [5.41, 5.74) is 2.12. The molecule has 1 unspecified atom stereocenters. The van der Waals surface area contributed by atoms with E-state index >= 15 is 0 Å². The molecule has 24 heavy (non-hydrogen) atoms. The molecule has 2 amide bonds. The molecule has 1 heterocycles. The minimum atomic E-state index is -0.756. The van der Waals surface area contributed by atoms with Crippen LogP contribution in [0, 0.1) is 5.92 Å². The molecule has 2 N–H and O–H groups in total. The Bertz CT molecular complexity index is 762. The van der Waals surface area contributed by atoms with Crippen molar-refractivity contribution < 1.29 is 19.2 Å². The number of hydrogen-bond donors (Lipinski definition) is 2. The van der Waals surface area contributed by atoms with Crippen molar-refractivity contribution in [2.24, 2.45) is 5.92 Å². The predicted molar refractivity (Wildman–Crippen MR) is 87.2 cm³/mol. The fraction of sp³-hybridized carbons (Fsp3) is 0.333. The Morgan fingerprint density at radius 3 is 2.50 bits per heavy atom. The fourth-order valence-electron chi connectivity index (χ4n) is 3.15. The van der Waals surface area contributed by atoms with Gasteiger partial charge in [0, 0.05) is 35.4 Å². The van der Waals surface area contributed by atoms with Crippen LogP contribution in [0.4, 0.5) is 5.69 Å². The lowest BCUT2D eigenvalue weighted by molar-refractivity contribution is -0.128. The second kappa shape index (κ2) is 6.39. The minimum Gasteiger partial charge on any atom is -0.329 e. The van der Waals surface area contributed by atoms with Gasteiger partial charge in [0.15, 0.2) is 11.6 Å². The Morgan fingerprint density at radius 1 is 1.12 bits per heavy atom. The fourth-order valence-corrected chi connectivity index (χ4v) is 3.15. The van der Waals surface area contributed by atoms with Crippen molar-refractivity contribution in [1.82, 2.24) is 5.32 Å². The van der Waals surface area contributed by atoms with Crippen LogP contribution in [0.25, 0.3) is 0 Å². The van der Waals surface area contributed by atoms with Crippen LogP contribution >= 0.6 is 0 Å². The number of rotatable bonds is 3. The molecule has 124 valence electrons. The van der Waals surface area contributed by atoms with E-state index in [0.29, 0.717) is 41.8 Å². The first-order valence-electron chi connectivity index (χ1n) is 7.93. The number of allylic oxidation sites excluding steroid dienone is 1. The third-order valence-corrected chi connectivity index (χ3v) is 4.36. The zero-order chi connectivity index (χ0) is 17.3. The van der Waals surface area contributed by atoms with Gasteiger partial charge in [-0.3, -0.25) is 19.2 Å². The van der Waals surface area contributed by atoms with Gasteiger partial charge in [-0.2, -0.15) is 0 Å². The van der Waals surface area contributed by atoms with E-state index in [1.54, 1.807) is 24.3 Å². The van der Waals surface area contributed by atoms with Gasteiger partial charge in [0.1, 0.15) is 0 Å². The van der Waals surface area contributed by atoms with Gasteiger partial charge in [-0.1, -0.05) is 0 Å². The number of anilines is 1. The number of Topliss-reactive ketones (excluding diaryl/α,β-unsaturated/α-hetero) is 2. The summed E-state index contributed by atoms with van der Waals surface area (Å²) in [6.07, 6.45) is 1.69. The van der Waals surface area contributed by atoms with Gasteiger partial charge in [-0.05, 0) is 44.0 Å². The number of nitrogens with one attached hydrogen (secondary N) is 2. The topological polar surface area (TPSA) is 92.3 Å². The average Bonchev–Trinajstić information content (AvgIpc) is 2.54. The molecule has 0 saturated carbocycles. The maximum Gasteiger partial charge on any atom is 0.232 e. The van der Waals surface area contributed by atoms with Crippen LogP contribution in [-0.4, -0.2) is 23.4 Å². The molecule has 1 aromatic rings. The van der Waals surface area contributed by atoms with Crippen LogP contribution in [0.15, 0.2) is 35.5 Å². The molecule has 1 aromatic carbocycles. The summed E-state index contributed by atoms with van der Waals surface area (Å²) in [6, 6.07) is 6.52. The number of carbonyl (C=O) groups is 4. The summed E-state index contributed by atoms with van der Waals surface area (Å²) < 4.78 is 0. The van der Waals surface area contributed by atoms with Crippen LogP contribution in [0.2, 0.25) is 0 Å². The largest absolute Gasteiger partial charge is 0.329 e. The molecule has 0 spiro atoms. The van der Waals surface area contributed by atoms with Crippen LogP contribution in [-0.2, 0) is 14.4 Å². The third kappa shape index (κ3) is 3.13. The molecule has 2 aliphatic rings. The maximum atomic E-state index is 12.6. The Kier molecular flexibility index (Phi) is 4.29. The van der Waals surface area contributed by atoms with Crippen molar-refractivity contribution in [3.8, 4) is 0 Å². The van der Waals surface area contributed by atoms with Gasteiger partial charge in [0.2, 0.25) is 11.8 Å². The molecule has 6 heteroatoms. The van der Waals surface area contributed by atoms with Crippen molar-refractivity contribution in [3.63, 3.8) is 0 Å². The van der Waals surface area contributed by atoms with E-state index in [2.05, 4.69) is 10.6 Å².